The Bertz CT molecular complexity index is 121. The molecule has 1 aromatic rings. The number of imidazole rings is 1. The monoisotopic (exact) mass is 94.1 g/mol. The van der Waals surface area contributed by atoms with Crippen LogP contribution in [0.15, 0.2) is 12.5 Å². The Morgan fingerprint density at radius 2 is 2.71 bits per heavy atom. The molecule has 0 saturated heterocycles. The van der Waals surface area contributed by atoms with Gasteiger partial charge in [-0.25, -0.2) is 4.98 Å². The van der Waals surface area contributed by atoms with Gasteiger partial charge in [-0.1, -0.05) is 0 Å². The molecule has 36 valence electrons. The number of H-pyrrole nitrogens is 1. The molecule has 0 unspecified atom stereocenters. The molecule has 2 nitrogen and oxygen atoms in total. The Balaban J connectivity index is 2.76. The highest BCUT2D eigenvalue weighted by molar-refractivity contribution is 4.94. The molecule has 0 fully saturated rings. The minimum absolute atomic E-state index is 0.517. The van der Waals surface area contributed by atoms with Gasteiger partial charge in [0.05, 0.1) is 12.0 Å². The molecule has 0 aliphatic heterocycles. The number of hydrogen-bond acceptors (Lipinski definition) is 1. The Labute approximate surface area is 42.6 Å². The van der Waals surface area contributed by atoms with Crippen molar-refractivity contribution in [2.75, 3.05) is 0 Å². The van der Waals surface area contributed by atoms with Gasteiger partial charge in [0.1, 0.15) is 0 Å². The quantitative estimate of drug-likeness (QED) is 0.544. The van der Waals surface area contributed by atoms with Gasteiger partial charge in [0.25, 0.3) is 0 Å². The highest BCUT2D eigenvalue weighted by atomic mass is 14.8. The molecule has 0 aliphatic rings. The molecule has 0 spiro atoms. The summed E-state index contributed by atoms with van der Waals surface area (Å²) >= 11 is 0. The lowest BCUT2D eigenvalue weighted by atomic mass is 10.4. The van der Waals surface area contributed by atoms with E-state index in [2.05, 4.69) is 9.97 Å². The van der Waals surface area contributed by atoms with E-state index in [0.29, 0.717) is 6.42 Å². The molecule has 0 bridgehead atoms. The van der Waals surface area contributed by atoms with E-state index in [-0.39, 0.29) is 0 Å². The van der Waals surface area contributed by atoms with E-state index in [1.807, 2.05) is 0 Å². The number of rotatable bonds is 1. The SMILES string of the molecule is [CH]Cc1c[nH]cn1. The summed E-state index contributed by atoms with van der Waals surface area (Å²) in [6.45, 7) is 5.21. The zero-order chi connectivity index (χ0) is 5.11. The van der Waals surface area contributed by atoms with Gasteiger partial charge in [-0.15, -0.1) is 0 Å². The molecule has 1 N–H and O–H groups in total. The average Bonchev–Trinajstić information content (AvgIpc) is 2.14. The first kappa shape index (κ1) is 4.37. The third-order valence-electron chi connectivity index (χ3n) is 0.764. The summed E-state index contributed by atoms with van der Waals surface area (Å²) in [7, 11) is 0. The summed E-state index contributed by atoms with van der Waals surface area (Å²) in [4.78, 5) is 6.64. The standard InChI is InChI=1S/C5H6N2/c1-2-5-3-6-4-7-5/h1,3-4H,2H2,(H,6,7). The summed E-state index contributed by atoms with van der Waals surface area (Å²) < 4.78 is 0. The molecular weight excluding hydrogens is 88.1 g/mol. The topological polar surface area (TPSA) is 28.7 Å². The summed E-state index contributed by atoms with van der Waals surface area (Å²) in [5.74, 6) is 0. The molecular formula is C5H6N2. The third-order valence-corrected chi connectivity index (χ3v) is 0.764. The van der Waals surface area contributed by atoms with Crippen LogP contribution in [0.3, 0.4) is 0 Å². The molecule has 0 amide bonds. The third kappa shape index (κ3) is 0.796. The highest BCUT2D eigenvalue weighted by Gasteiger charge is 1.83. The first-order chi connectivity index (χ1) is 3.43. The smallest absolute Gasteiger partial charge is 0.0923 e. The summed E-state index contributed by atoms with van der Waals surface area (Å²) in [6, 6.07) is 0. The second-order valence-electron chi connectivity index (χ2n) is 1.26. The first-order valence-corrected chi connectivity index (χ1v) is 2.11. The Morgan fingerprint density at radius 1 is 1.86 bits per heavy atom. The van der Waals surface area contributed by atoms with Crippen molar-refractivity contribution >= 4 is 0 Å². The molecule has 1 heterocycles. The van der Waals surface area contributed by atoms with Gasteiger partial charge in [-0.05, 0) is 13.3 Å². The molecule has 2 radical (unpaired) electrons. The molecule has 2 heteroatoms. The minimum atomic E-state index is 0.517. The fourth-order valence-electron chi connectivity index (χ4n) is 0.403. The van der Waals surface area contributed by atoms with Crippen LogP contribution in [-0.2, 0) is 6.42 Å². The summed E-state index contributed by atoms with van der Waals surface area (Å²) in [5.41, 5.74) is 0.903. The molecule has 1 aromatic heterocycles. The number of nitrogens with zero attached hydrogens (tertiary/aromatic N) is 1. The Hall–Kier alpha value is -0.790. The highest BCUT2D eigenvalue weighted by Crippen LogP contribution is 1.87. The second-order valence-corrected chi connectivity index (χ2v) is 1.26. The van der Waals surface area contributed by atoms with E-state index in [4.69, 9.17) is 6.92 Å². The second kappa shape index (κ2) is 1.78. The van der Waals surface area contributed by atoms with Crippen LogP contribution >= 0.6 is 0 Å². The molecule has 7 heavy (non-hydrogen) atoms. The lowest BCUT2D eigenvalue weighted by molar-refractivity contribution is 1.15. The largest absolute Gasteiger partial charge is 0.351 e. The van der Waals surface area contributed by atoms with Crippen molar-refractivity contribution in [2.24, 2.45) is 0 Å². The van der Waals surface area contributed by atoms with Gasteiger partial charge in [0, 0.05) is 6.20 Å². The van der Waals surface area contributed by atoms with Crippen molar-refractivity contribution in [1.82, 2.24) is 9.97 Å². The first-order valence-electron chi connectivity index (χ1n) is 2.11. The normalized spacial score (nSPS) is 9.29. The Kier molecular flexibility index (Phi) is 1.11. The maximum absolute atomic E-state index is 5.21. The van der Waals surface area contributed by atoms with Gasteiger partial charge in [0.2, 0.25) is 0 Å². The van der Waals surface area contributed by atoms with E-state index in [0.717, 1.165) is 5.69 Å². The predicted octanol–water partition coefficient (Wildman–Crippen LogP) is 0.663. The molecule has 0 aromatic carbocycles. The number of hydrogen-bond donors (Lipinski definition) is 1. The lowest BCUT2D eigenvalue weighted by Gasteiger charge is -1.76. The van der Waals surface area contributed by atoms with E-state index >= 15 is 0 Å². The maximum Gasteiger partial charge on any atom is 0.0923 e. The van der Waals surface area contributed by atoms with Gasteiger partial charge in [-0.3, -0.25) is 0 Å². The summed E-state index contributed by atoms with van der Waals surface area (Å²) in [5, 5.41) is 0. The van der Waals surface area contributed by atoms with Gasteiger partial charge in [-0.2, -0.15) is 0 Å². The molecule has 1 rings (SSSR count). The zero-order valence-corrected chi connectivity index (χ0v) is 3.89. The van der Waals surface area contributed by atoms with Crippen molar-refractivity contribution in [3.63, 3.8) is 0 Å². The number of nitrogens with one attached hydrogen (secondary N) is 1. The van der Waals surface area contributed by atoms with Crippen molar-refractivity contribution < 1.29 is 0 Å². The fraction of sp³-hybridized carbons (Fsp3) is 0.200. The van der Waals surface area contributed by atoms with Crippen molar-refractivity contribution in [3.8, 4) is 0 Å². The van der Waals surface area contributed by atoms with Crippen LogP contribution in [0.25, 0.3) is 0 Å². The van der Waals surface area contributed by atoms with Crippen LogP contribution in [0, 0.1) is 6.92 Å². The van der Waals surface area contributed by atoms with E-state index < -0.39 is 0 Å². The number of aromatic amines is 1. The van der Waals surface area contributed by atoms with Gasteiger partial charge < -0.3 is 4.98 Å². The van der Waals surface area contributed by atoms with Crippen LogP contribution < -0.4 is 0 Å². The Morgan fingerprint density at radius 3 is 3.00 bits per heavy atom. The summed E-state index contributed by atoms with van der Waals surface area (Å²) in [6.07, 6.45) is 3.91. The maximum atomic E-state index is 5.21. The van der Waals surface area contributed by atoms with Crippen molar-refractivity contribution in [2.45, 2.75) is 6.42 Å². The minimum Gasteiger partial charge on any atom is -0.351 e. The van der Waals surface area contributed by atoms with Crippen LogP contribution in [0.2, 0.25) is 0 Å². The van der Waals surface area contributed by atoms with Gasteiger partial charge in [0.15, 0.2) is 0 Å². The van der Waals surface area contributed by atoms with Gasteiger partial charge >= 0.3 is 0 Å². The van der Waals surface area contributed by atoms with Crippen LogP contribution in [-0.4, -0.2) is 9.97 Å². The van der Waals surface area contributed by atoms with Crippen molar-refractivity contribution in [1.29, 1.82) is 0 Å². The molecule has 0 aliphatic carbocycles. The van der Waals surface area contributed by atoms with Crippen LogP contribution in [0.1, 0.15) is 5.69 Å². The van der Waals surface area contributed by atoms with E-state index in [1.165, 1.54) is 0 Å². The van der Waals surface area contributed by atoms with Crippen LogP contribution in [0.4, 0.5) is 0 Å². The number of aromatic nitrogens is 2. The van der Waals surface area contributed by atoms with E-state index in [9.17, 15) is 0 Å². The molecule has 0 atom stereocenters. The fourth-order valence-corrected chi connectivity index (χ4v) is 0.403. The molecule has 0 saturated carbocycles. The van der Waals surface area contributed by atoms with Crippen molar-refractivity contribution in [3.05, 3.63) is 25.1 Å². The average molecular weight is 94.1 g/mol. The van der Waals surface area contributed by atoms with Crippen LogP contribution in [0.5, 0.6) is 0 Å². The zero-order valence-electron chi connectivity index (χ0n) is 3.89. The lowest BCUT2D eigenvalue weighted by Crippen LogP contribution is -1.74. The van der Waals surface area contributed by atoms with E-state index in [1.54, 1.807) is 12.5 Å². The predicted molar refractivity (Wildman–Crippen MR) is 26.6 cm³/mol.